The zero-order chi connectivity index (χ0) is 12.2. The second-order valence-corrected chi connectivity index (χ2v) is 4.15. The van der Waals surface area contributed by atoms with Gasteiger partial charge in [-0.1, -0.05) is 12.2 Å². The maximum atomic E-state index is 11.8. The van der Waals surface area contributed by atoms with Gasteiger partial charge in [0.05, 0.1) is 14.2 Å². The Hall–Kier alpha value is -1.32. The van der Waals surface area contributed by atoms with Gasteiger partial charge in [0.2, 0.25) is 0 Å². The minimum absolute atomic E-state index is 0.138. The summed E-state index contributed by atoms with van der Waals surface area (Å²) in [6, 6.07) is 0. The lowest BCUT2D eigenvalue weighted by Gasteiger charge is -2.32. The normalized spacial score (nSPS) is 20.3. The van der Waals surface area contributed by atoms with Crippen molar-refractivity contribution in [3.05, 3.63) is 12.2 Å². The van der Waals surface area contributed by atoms with Crippen molar-refractivity contribution in [1.29, 1.82) is 0 Å². The maximum absolute atomic E-state index is 11.8. The summed E-state index contributed by atoms with van der Waals surface area (Å²) < 4.78 is 9.44. The van der Waals surface area contributed by atoms with Crippen LogP contribution >= 0.6 is 0 Å². The van der Waals surface area contributed by atoms with Crippen molar-refractivity contribution in [3.8, 4) is 0 Å². The molecular formula is C12H18O4. The first-order chi connectivity index (χ1) is 7.57. The van der Waals surface area contributed by atoms with E-state index < -0.39 is 17.4 Å². The molecule has 0 aromatic heterocycles. The molecule has 0 heterocycles. The van der Waals surface area contributed by atoms with Gasteiger partial charge in [-0.3, -0.25) is 9.59 Å². The molecule has 0 fully saturated rings. The third-order valence-electron chi connectivity index (χ3n) is 3.21. The monoisotopic (exact) mass is 226 g/mol. The van der Waals surface area contributed by atoms with E-state index in [0.29, 0.717) is 0 Å². The quantitative estimate of drug-likeness (QED) is 0.417. The van der Waals surface area contributed by atoms with Crippen LogP contribution in [0.1, 0.15) is 26.2 Å². The predicted molar refractivity (Wildman–Crippen MR) is 58.6 cm³/mol. The average Bonchev–Trinajstić information content (AvgIpc) is 2.36. The lowest BCUT2D eigenvalue weighted by atomic mass is 9.72. The van der Waals surface area contributed by atoms with E-state index in [4.69, 9.17) is 9.47 Å². The van der Waals surface area contributed by atoms with Gasteiger partial charge in [0, 0.05) is 5.92 Å². The second kappa shape index (κ2) is 5.14. The van der Waals surface area contributed by atoms with Crippen molar-refractivity contribution < 1.29 is 19.1 Å². The fourth-order valence-corrected chi connectivity index (χ4v) is 2.10. The summed E-state index contributed by atoms with van der Waals surface area (Å²) in [6.07, 6.45) is 6.69. The number of methoxy groups -OCH3 is 2. The van der Waals surface area contributed by atoms with Crippen LogP contribution in [0.3, 0.4) is 0 Å². The van der Waals surface area contributed by atoms with Gasteiger partial charge in [0.1, 0.15) is 0 Å². The SMILES string of the molecule is COC(=O)C(C)(C(=O)OC)[C@@H]1C=CCCC1. The molecule has 16 heavy (non-hydrogen) atoms. The van der Waals surface area contributed by atoms with Gasteiger partial charge in [0.15, 0.2) is 5.41 Å². The molecule has 0 aromatic rings. The summed E-state index contributed by atoms with van der Waals surface area (Å²) in [5, 5.41) is 0. The molecule has 4 heteroatoms. The molecule has 1 rings (SSSR count). The molecule has 0 unspecified atom stereocenters. The fourth-order valence-electron chi connectivity index (χ4n) is 2.10. The lowest BCUT2D eigenvalue weighted by molar-refractivity contribution is -0.171. The third-order valence-corrected chi connectivity index (χ3v) is 3.21. The van der Waals surface area contributed by atoms with Crippen molar-refractivity contribution in [3.63, 3.8) is 0 Å². The van der Waals surface area contributed by atoms with Crippen LogP contribution in [0.15, 0.2) is 12.2 Å². The summed E-state index contributed by atoms with van der Waals surface area (Å²) in [7, 11) is 2.58. The molecule has 0 spiro atoms. The minimum atomic E-state index is -1.22. The third kappa shape index (κ3) is 2.10. The molecule has 0 saturated heterocycles. The number of esters is 2. The zero-order valence-electron chi connectivity index (χ0n) is 9.99. The number of hydrogen-bond donors (Lipinski definition) is 0. The summed E-state index contributed by atoms with van der Waals surface area (Å²) >= 11 is 0. The molecule has 0 amide bonds. The topological polar surface area (TPSA) is 52.6 Å². The van der Waals surface area contributed by atoms with Crippen LogP contribution in [0.2, 0.25) is 0 Å². The van der Waals surface area contributed by atoms with Crippen LogP contribution in [0.25, 0.3) is 0 Å². The Bertz CT molecular complexity index is 290. The molecule has 0 aromatic carbocycles. The number of hydrogen-bond acceptors (Lipinski definition) is 4. The minimum Gasteiger partial charge on any atom is -0.468 e. The molecule has 1 atom stereocenters. The predicted octanol–water partition coefficient (Wildman–Crippen LogP) is 1.70. The molecule has 1 aliphatic rings. The summed E-state index contributed by atoms with van der Waals surface area (Å²) in [6.45, 7) is 1.59. The van der Waals surface area contributed by atoms with Crippen molar-refractivity contribution in [2.24, 2.45) is 11.3 Å². The Kier molecular flexibility index (Phi) is 4.10. The first kappa shape index (κ1) is 12.7. The van der Waals surface area contributed by atoms with Gasteiger partial charge >= 0.3 is 11.9 Å². The van der Waals surface area contributed by atoms with E-state index in [-0.39, 0.29) is 5.92 Å². The Morgan fingerprint density at radius 1 is 1.25 bits per heavy atom. The molecule has 0 radical (unpaired) electrons. The molecule has 0 bridgehead atoms. The van der Waals surface area contributed by atoms with Gasteiger partial charge in [0.25, 0.3) is 0 Å². The van der Waals surface area contributed by atoms with Crippen molar-refractivity contribution >= 4 is 11.9 Å². The fraction of sp³-hybridized carbons (Fsp3) is 0.667. The summed E-state index contributed by atoms with van der Waals surface area (Å²) in [4.78, 5) is 23.6. The zero-order valence-corrected chi connectivity index (χ0v) is 9.99. The van der Waals surface area contributed by atoms with Crippen LogP contribution in [-0.2, 0) is 19.1 Å². The van der Waals surface area contributed by atoms with Crippen LogP contribution in [0.4, 0.5) is 0 Å². The molecule has 1 aliphatic carbocycles. The number of carbonyl (C=O) groups is 2. The van der Waals surface area contributed by atoms with Crippen molar-refractivity contribution in [2.45, 2.75) is 26.2 Å². The second-order valence-electron chi connectivity index (χ2n) is 4.15. The van der Waals surface area contributed by atoms with E-state index in [1.807, 2.05) is 12.2 Å². The van der Waals surface area contributed by atoms with E-state index >= 15 is 0 Å². The lowest BCUT2D eigenvalue weighted by Crippen LogP contribution is -2.44. The molecule has 0 aliphatic heterocycles. The largest absolute Gasteiger partial charge is 0.468 e. The maximum Gasteiger partial charge on any atom is 0.323 e. The molecule has 4 nitrogen and oxygen atoms in total. The Morgan fingerprint density at radius 2 is 1.81 bits per heavy atom. The van der Waals surface area contributed by atoms with Crippen LogP contribution in [0.5, 0.6) is 0 Å². The molecule has 90 valence electrons. The van der Waals surface area contributed by atoms with Crippen molar-refractivity contribution in [1.82, 2.24) is 0 Å². The van der Waals surface area contributed by atoms with Gasteiger partial charge in [-0.25, -0.2) is 0 Å². The summed E-state index contributed by atoms with van der Waals surface area (Å²) in [5.74, 6) is -1.20. The Labute approximate surface area is 95.6 Å². The highest BCUT2D eigenvalue weighted by molar-refractivity contribution is 6.00. The molecular weight excluding hydrogens is 208 g/mol. The highest BCUT2D eigenvalue weighted by Gasteiger charge is 2.49. The van der Waals surface area contributed by atoms with Gasteiger partial charge < -0.3 is 9.47 Å². The van der Waals surface area contributed by atoms with E-state index in [1.54, 1.807) is 6.92 Å². The first-order valence-corrected chi connectivity index (χ1v) is 5.40. The van der Waals surface area contributed by atoms with Gasteiger partial charge in [-0.05, 0) is 26.2 Å². The van der Waals surface area contributed by atoms with E-state index in [2.05, 4.69) is 0 Å². The van der Waals surface area contributed by atoms with Gasteiger partial charge in [-0.15, -0.1) is 0 Å². The molecule has 0 N–H and O–H groups in total. The Balaban J connectivity index is 3.02. The smallest absolute Gasteiger partial charge is 0.323 e. The van der Waals surface area contributed by atoms with E-state index in [0.717, 1.165) is 19.3 Å². The van der Waals surface area contributed by atoms with Crippen LogP contribution in [-0.4, -0.2) is 26.2 Å². The highest BCUT2D eigenvalue weighted by atomic mass is 16.5. The number of carbonyl (C=O) groups excluding carboxylic acids is 2. The molecule has 0 saturated carbocycles. The standard InChI is InChI=1S/C12H18O4/c1-12(10(13)15-2,11(14)16-3)9-7-5-4-6-8-9/h5,7,9H,4,6,8H2,1-3H3/t9-/m1/s1. The summed E-state index contributed by atoms with van der Waals surface area (Å²) in [5.41, 5.74) is -1.22. The van der Waals surface area contributed by atoms with Crippen LogP contribution < -0.4 is 0 Å². The number of rotatable bonds is 3. The van der Waals surface area contributed by atoms with E-state index in [9.17, 15) is 9.59 Å². The van der Waals surface area contributed by atoms with Gasteiger partial charge in [-0.2, -0.15) is 0 Å². The van der Waals surface area contributed by atoms with Crippen molar-refractivity contribution in [2.75, 3.05) is 14.2 Å². The first-order valence-electron chi connectivity index (χ1n) is 5.40. The van der Waals surface area contributed by atoms with Crippen LogP contribution in [0, 0.1) is 11.3 Å². The highest BCUT2D eigenvalue weighted by Crippen LogP contribution is 2.37. The average molecular weight is 226 g/mol. The number of ether oxygens (including phenoxy) is 2. The Morgan fingerprint density at radius 3 is 2.19 bits per heavy atom. The number of allylic oxidation sites excluding steroid dienone is 2. The van der Waals surface area contributed by atoms with E-state index in [1.165, 1.54) is 14.2 Å².